The Morgan fingerprint density at radius 3 is 1.12 bits per heavy atom. The average Bonchev–Trinajstić information content (AvgIpc) is 2.83. The highest BCUT2D eigenvalue weighted by atomic mass is 33.1. The van der Waals surface area contributed by atoms with E-state index in [4.69, 9.17) is 0 Å². The normalized spacial score (nSPS) is 13.0. The van der Waals surface area contributed by atoms with Gasteiger partial charge in [0.25, 0.3) is 0 Å². The van der Waals surface area contributed by atoms with Gasteiger partial charge in [0.15, 0.2) is 0 Å². The highest BCUT2D eigenvalue weighted by Gasteiger charge is 2.18. The molecule has 0 spiro atoms. The van der Waals surface area contributed by atoms with Crippen molar-refractivity contribution in [3.63, 3.8) is 0 Å². The van der Waals surface area contributed by atoms with Crippen molar-refractivity contribution >= 4 is 21.6 Å². The lowest BCUT2D eigenvalue weighted by Crippen LogP contribution is -1.96. The molecule has 0 aliphatic heterocycles. The average molecular weight is 455 g/mol. The molecule has 0 aliphatic rings. The van der Waals surface area contributed by atoms with Gasteiger partial charge in [0.1, 0.15) is 0 Å². The molecule has 32 heavy (non-hydrogen) atoms. The minimum absolute atomic E-state index is 0.392. The maximum absolute atomic E-state index is 2.33. The number of hydrogen-bond acceptors (Lipinski definition) is 2. The van der Waals surface area contributed by atoms with Crippen LogP contribution in [0.15, 0.2) is 97.1 Å². The number of hydrogen-bond donors (Lipinski definition) is 0. The quantitative estimate of drug-likeness (QED) is 0.255. The molecular weight excluding hydrogens is 424 g/mol. The monoisotopic (exact) mass is 454 g/mol. The lowest BCUT2D eigenvalue weighted by Gasteiger charge is -2.21. The van der Waals surface area contributed by atoms with E-state index >= 15 is 0 Å². The Morgan fingerprint density at radius 2 is 0.750 bits per heavy atom. The smallest absolute Gasteiger partial charge is 0.0379 e. The van der Waals surface area contributed by atoms with Crippen molar-refractivity contribution in [3.8, 4) is 22.3 Å². The number of benzene rings is 4. The molecule has 0 nitrogen and oxygen atoms in total. The summed E-state index contributed by atoms with van der Waals surface area (Å²) in [5.74, 6) is 0. The van der Waals surface area contributed by atoms with Crippen LogP contribution in [0.3, 0.4) is 0 Å². The summed E-state index contributed by atoms with van der Waals surface area (Å²) in [4.78, 5) is 0. The van der Waals surface area contributed by atoms with E-state index in [0.717, 1.165) is 0 Å². The molecule has 0 aromatic heterocycles. The SMILES string of the molecule is Cc1ccccc1-c1ccccc1[C@@H](C)SS[C@H](C)c1ccccc1-c1ccccc1C. The molecule has 0 fully saturated rings. The second-order valence-corrected chi connectivity index (χ2v) is 11.2. The van der Waals surface area contributed by atoms with Crippen LogP contribution >= 0.6 is 21.6 Å². The van der Waals surface area contributed by atoms with Crippen molar-refractivity contribution < 1.29 is 0 Å². The maximum Gasteiger partial charge on any atom is 0.0379 e. The minimum atomic E-state index is 0.392. The van der Waals surface area contributed by atoms with Gasteiger partial charge in [-0.25, -0.2) is 0 Å². The van der Waals surface area contributed by atoms with Crippen LogP contribution in [-0.4, -0.2) is 0 Å². The van der Waals surface area contributed by atoms with Gasteiger partial charge in [0.05, 0.1) is 0 Å². The van der Waals surface area contributed by atoms with Crippen molar-refractivity contribution in [2.24, 2.45) is 0 Å². The van der Waals surface area contributed by atoms with Crippen molar-refractivity contribution in [3.05, 3.63) is 119 Å². The third kappa shape index (κ3) is 4.98. The Hall–Kier alpha value is -2.42. The van der Waals surface area contributed by atoms with Gasteiger partial charge in [0.2, 0.25) is 0 Å². The van der Waals surface area contributed by atoms with Crippen LogP contribution in [-0.2, 0) is 0 Å². The standard InChI is InChI=1S/C30H30S2/c1-21-13-5-7-15-25(21)29-19-11-9-17-27(29)23(3)31-32-24(4)28-18-10-12-20-30(28)26-16-8-6-14-22(26)2/h5-20,23-24H,1-4H3/t23-,24-/m1/s1. The second kappa shape index (κ2) is 10.5. The highest BCUT2D eigenvalue weighted by molar-refractivity contribution is 8.76. The van der Waals surface area contributed by atoms with E-state index in [1.165, 1.54) is 44.5 Å². The van der Waals surface area contributed by atoms with Crippen LogP contribution in [0, 0.1) is 13.8 Å². The second-order valence-electron chi connectivity index (χ2n) is 8.28. The number of aryl methyl sites for hydroxylation is 2. The van der Waals surface area contributed by atoms with Crippen LogP contribution in [0.5, 0.6) is 0 Å². The molecule has 4 aromatic rings. The summed E-state index contributed by atoms with van der Waals surface area (Å²) in [7, 11) is 3.94. The molecule has 0 saturated heterocycles. The maximum atomic E-state index is 2.33. The summed E-state index contributed by atoms with van der Waals surface area (Å²) in [6, 6.07) is 35.1. The Kier molecular flexibility index (Phi) is 7.44. The molecule has 162 valence electrons. The Balaban J connectivity index is 1.55. The molecule has 4 rings (SSSR count). The van der Waals surface area contributed by atoms with Crippen LogP contribution in [0.25, 0.3) is 22.3 Å². The first kappa shape index (κ1) is 22.8. The topological polar surface area (TPSA) is 0 Å². The number of rotatable bonds is 7. The van der Waals surface area contributed by atoms with Crippen molar-refractivity contribution in [2.75, 3.05) is 0 Å². The summed E-state index contributed by atoms with van der Waals surface area (Å²) >= 11 is 0. The third-order valence-corrected chi connectivity index (χ3v) is 9.27. The largest absolute Gasteiger partial charge is 0.0856 e. The molecule has 0 aliphatic carbocycles. The molecule has 0 amide bonds. The molecule has 0 radical (unpaired) electrons. The Morgan fingerprint density at radius 1 is 0.438 bits per heavy atom. The van der Waals surface area contributed by atoms with E-state index < -0.39 is 0 Å². The lowest BCUT2D eigenvalue weighted by molar-refractivity contribution is 1.10. The minimum Gasteiger partial charge on any atom is -0.0856 e. The first-order valence-electron chi connectivity index (χ1n) is 11.2. The summed E-state index contributed by atoms with van der Waals surface area (Å²) in [6.07, 6.45) is 0. The van der Waals surface area contributed by atoms with Crippen molar-refractivity contribution in [1.82, 2.24) is 0 Å². The van der Waals surface area contributed by atoms with Crippen molar-refractivity contribution in [1.29, 1.82) is 0 Å². The molecule has 2 heteroatoms. The third-order valence-electron chi connectivity index (χ3n) is 6.01. The summed E-state index contributed by atoms with van der Waals surface area (Å²) < 4.78 is 0. The zero-order valence-electron chi connectivity index (χ0n) is 19.2. The van der Waals surface area contributed by atoms with Gasteiger partial charge < -0.3 is 0 Å². The van der Waals surface area contributed by atoms with Crippen LogP contribution in [0.4, 0.5) is 0 Å². The zero-order valence-corrected chi connectivity index (χ0v) is 20.8. The fourth-order valence-corrected chi connectivity index (χ4v) is 6.79. The summed E-state index contributed by atoms with van der Waals surface area (Å²) in [6.45, 7) is 9.05. The van der Waals surface area contributed by atoms with Gasteiger partial charge >= 0.3 is 0 Å². The Labute approximate surface area is 200 Å². The van der Waals surface area contributed by atoms with Gasteiger partial charge in [-0.05, 0) is 72.2 Å². The van der Waals surface area contributed by atoms with Crippen LogP contribution in [0.1, 0.15) is 46.6 Å². The fourth-order valence-electron chi connectivity index (χ4n) is 4.21. The molecule has 0 heterocycles. The van der Waals surface area contributed by atoms with Gasteiger partial charge in [-0.15, -0.1) is 0 Å². The predicted molar refractivity (Wildman–Crippen MR) is 145 cm³/mol. The summed E-state index contributed by atoms with van der Waals surface area (Å²) in [5, 5.41) is 0.785. The van der Waals surface area contributed by atoms with Gasteiger partial charge in [-0.3, -0.25) is 0 Å². The van der Waals surface area contributed by atoms with E-state index in [1.54, 1.807) is 0 Å². The van der Waals surface area contributed by atoms with E-state index in [0.29, 0.717) is 10.5 Å². The van der Waals surface area contributed by atoms with Crippen molar-refractivity contribution in [2.45, 2.75) is 38.2 Å². The first-order chi connectivity index (χ1) is 15.6. The van der Waals surface area contributed by atoms with E-state index in [2.05, 4.69) is 125 Å². The molecule has 0 bridgehead atoms. The highest BCUT2D eigenvalue weighted by Crippen LogP contribution is 2.49. The first-order valence-corrected chi connectivity index (χ1v) is 13.5. The van der Waals surface area contributed by atoms with Gasteiger partial charge in [-0.1, -0.05) is 119 Å². The van der Waals surface area contributed by atoms with E-state index in [-0.39, 0.29) is 0 Å². The molecular formula is C30H30S2. The molecule has 2 atom stereocenters. The molecule has 0 unspecified atom stereocenters. The van der Waals surface area contributed by atoms with Gasteiger partial charge in [0, 0.05) is 10.5 Å². The van der Waals surface area contributed by atoms with Gasteiger partial charge in [-0.2, -0.15) is 0 Å². The fraction of sp³-hybridized carbons (Fsp3) is 0.200. The summed E-state index contributed by atoms with van der Waals surface area (Å²) in [5.41, 5.74) is 10.8. The predicted octanol–water partition coefficient (Wildman–Crippen LogP) is 9.84. The van der Waals surface area contributed by atoms with Crippen LogP contribution < -0.4 is 0 Å². The lowest BCUT2D eigenvalue weighted by atomic mass is 9.95. The zero-order chi connectivity index (χ0) is 22.5. The Bertz CT molecular complexity index is 1100. The molecule has 0 N–H and O–H groups in total. The van der Waals surface area contributed by atoms with E-state index in [1.807, 2.05) is 21.6 Å². The van der Waals surface area contributed by atoms with E-state index in [9.17, 15) is 0 Å². The molecule has 0 saturated carbocycles. The molecule has 4 aromatic carbocycles. The van der Waals surface area contributed by atoms with Crippen LogP contribution in [0.2, 0.25) is 0 Å².